The first-order valence-corrected chi connectivity index (χ1v) is 10.1. The fourth-order valence-electron chi connectivity index (χ4n) is 3.14. The van der Waals surface area contributed by atoms with Gasteiger partial charge in [0, 0.05) is 23.8 Å². The molecule has 5 nitrogen and oxygen atoms in total. The van der Waals surface area contributed by atoms with Gasteiger partial charge in [-0.2, -0.15) is 5.10 Å². The number of nitrogens with zero attached hydrogens (tertiary/aromatic N) is 2. The summed E-state index contributed by atoms with van der Waals surface area (Å²) in [5, 5.41) is 4.54. The molecule has 3 rings (SSSR count). The van der Waals surface area contributed by atoms with Gasteiger partial charge in [0.1, 0.15) is 10.6 Å². The number of nitrogens with one attached hydrogen (secondary N) is 1. The number of hydrogen-bond acceptors (Lipinski definition) is 3. The Bertz CT molecular complexity index is 776. The molecule has 1 aliphatic rings. The van der Waals surface area contributed by atoms with E-state index in [1.54, 1.807) is 10.9 Å². The second kappa shape index (κ2) is 7.07. The molecule has 0 atom stereocenters. The second-order valence-corrected chi connectivity index (χ2v) is 8.42. The van der Waals surface area contributed by atoms with Crippen molar-refractivity contribution in [1.82, 2.24) is 14.5 Å². The summed E-state index contributed by atoms with van der Waals surface area (Å²) in [6, 6.07) is 9.64. The Labute approximate surface area is 144 Å². The maximum atomic E-state index is 13.0. The molecule has 1 N–H and O–H groups in total. The molecule has 2 aromatic rings. The third-order valence-corrected chi connectivity index (χ3v) is 6.01. The van der Waals surface area contributed by atoms with E-state index in [9.17, 15) is 8.42 Å². The van der Waals surface area contributed by atoms with E-state index < -0.39 is 10.0 Å². The van der Waals surface area contributed by atoms with Gasteiger partial charge < -0.3 is 0 Å². The molecule has 24 heavy (non-hydrogen) atoms. The van der Waals surface area contributed by atoms with Crippen molar-refractivity contribution in [2.75, 3.05) is 0 Å². The summed E-state index contributed by atoms with van der Waals surface area (Å²) in [6.45, 7) is 3.99. The van der Waals surface area contributed by atoms with Crippen molar-refractivity contribution in [1.29, 1.82) is 0 Å². The first-order chi connectivity index (χ1) is 11.5. The number of aromatic nitrogens is 2. The van der Waals surface area contributed by atoms with E-state index in [0.29, 0.717) is 5.69 Å². The monoisotopic (exact) mass is 347 g/mol. The highest BCUT2D eigenvalue weighted by atomic mass is 32.2. The summed E-state index contributed by atoms with van der Waals surface area (Å²) in [6.07, 6.45) is 6.85. The van der Waals surface area contributed by atoms with E-state index in [-0.39, 0.29) is 17.0 Å². The van der Waals surface area contributed by atoms with Gasteiger partial charge in [-0.3, -0.25) is 4.68 Å². The lowest BCUT2D eigenvalue weighted by Gasteiger charge is -2.22. The molecular formula is C18H25N3O2S. The van der Waals surface area contributed by atoms with E-state index in [2.05, 4.69) is 9.82 Å². The van der Waals surface area contributed by atoms with Crippen LogP contribution in [0.1, 0.15) is 52.0 Å². The van der Waals surface area contributed by atoms with Crippen molar-refractivity contribution in [2.24, 2.45) is 0 Å². The topological polar surface area (TPSA) is 64.0 Å². The van der Waals surface area contributed by atoms with E-state index >= 15 is 0 Å². The fourth-order valence-corrected chi connectivity index (χ4v) is 4.60. The van der Waals surface area contributed by atoms with Crippen molar-refractivity contribution < 1.29 is 8.42 Å². The van der Waals surface area contributed by atoms with Crippen LogP contribution in [0.2, 0.25) is 0 Å². The molecule has 1 aliphatic carbocycles. The van der Waals surface area contributed by atoms with Crippen molar-refractivity contribution >= 4 is 10.0 Å². The van der Waals surface area contributed by atoms with Gasteiger partial charge in [0.05, 0.1) is 0 Å². The van der Waals surface area contributed by atoms with Crippen molar-refractivity contribution in [3.8, 4) is 11.3 Å². The van der Waals surface area contributed by atoms with Gasteiger partial charge in [-0.15, -0.1) is 0 Å². The molecular weight excluding hydrogens is 322 g/mol. The molecule has 1 aromatic carbocycles. The second-order valence-electron chi connectivity index (χ2n) is 6.74. The van der Waals surface area contributed by atoms with E-state index in [1.807, 2.05) is 44.2 Å². The fraction of sp³-hybridized carbons (Fsp3) is 0.500. The van der Waals surface area contributed by atoms with Crippen LogP contribution in [-0.2, 0) is 10.0 Å². The Morgan fingerprint density at radius 1 is 1.12 bits per heavy atom. The van der Waals surface area contributed by atoms with Crippen LogP contribution < -0.4 is 4.72 Å². The van der Waals surface area contributed by atoms with Crippen molar-refractivity contribution in [3.63, 3.8) is 0 Å². The van der Waals surface area contributed by atoms with Crippen LogP contribution in [0.4, 0.5) is 0 Å². The average molecular weight is 347 g/mol. The quantitative estimate of drug-likeness (QED) is 0.896. The minimum absolute atomic E-state index is 0.0368. The Balaban J connectivity index is 1.99. The zero-order chi connectivity index (χ0) is 17.2. The minimum Gasteiger partial charge on any atom is -0.268 e. The van der Waals surface area contributed by atoms with Gasteiger partial charge in [-0.1, -0.05) is 49.6 Å². The Hall–Kier alpha value is -1.66. The Morgan fingerprint density at radius 3 is 2.42 bits per heavy atom. The molecule has 0 spiro atoms. The summed E-state index contributed by atoms with van der Waals surface area (Å²) < 4.78 is 30.5. The zero-order valence-corrected chi connectivity index (χ0v) is 15.1. The third-order valence-electron chi connectivity index (χ3n) is 4.49. The predicted octanol–water partition coefficient (Wildman–Crippen LogP) is 3.74. The zero-order valence-electron chi connectivity index (χ0n) is 14.3. The first kappa shape index (κ1) is 17.2. The largest absolute Gasteiger partial charge is 0.268 e. The maximum absolute atomic E-state index is 13.0. The van der Waals surface area contributed by atoms with Crippen molar-refractivity contribution in [2.45, 2.75) is 62.9 Å². The highest BCUT2D eigenvalue weighted by Crippen LogP contribution is 2.28. The van der Waals surface area contributed by atoms with Crippen LogP contribution in [0.5, 0.6) is 0 Å². The van der Waals surface area contributed by atoms with Gasteiger partial charge in [0.25, 0.3) is 0 Å². The average Bonchev–Trinajstić information content (AvgIpc) is 3.03. The lowest BCUT2D eigenvalue weighted by atomic mass is 9.96. The molecule has 0 bridgehead atoms. The summed E-state index contributed by atoms with van der Waals surface area (Å²) in [5.74, 6) is 0. The lowest BCUT2D eigenvalue weighted by Crippen LogP contribution is -2.36. The lowest BCUT2D eigenvalue weighted by molar-refractivity contribution is 0.412. The van der Waals surface area contributed by atoms with Crippen LogP contribution in [0.3, 0.4) is 0 Å². The normalized spacial score (nSPS) is 16.6. The Morgan fingerprint density at radius 2 is 1.79 bits per heavy atom. The summed E-state index contributed by atoms with van der Waals surface area (Å²) in [7, 11) is -3.58. The highest BCUT2D eigenvalue weighted by Gasteiger charge is 2.27. The van der Waals surface area contributed by atoms with Gasteiger partial charge in [0.2, 0.25) is 10.0 Å². The molecule has 0 amide bonds. The summed E-state index contributed by atoms with van der Waals surface area (Å²) in [5.41, 5.74) is 1.34. The van der Waals surface area contributed by atoms with Gasteiger partial charge in [-0.05, 0) is 26.7 Å². The molecule has 1 aromatic heterocycles. The van der Waals surface area contributed by atoms with E-state index in [4.69, 9.17) is 0 Å². The molecule has 0 saturated heterocycles. The number of sulfonamides is 1. The predicted molar refractivity (Wildman–Crippen MR) is 95.2 cm³/mol. The van der Waals surface area contributed by atoms with Crippen LogP contribution >= 0.6 is 0 Å². The number of rotatable bonds is 5. The van der Waals surface area contributed by atoms with Crippen LogP contribution in [0.25, 0.3) is 11.3 Å². The standard InChI is InChI=1S/C18H25N3O2S/c1-14(2)21-13-17(18(19-21)15-9-5-3-6-10-15)24(22,23)20-16-11-7-4-8-12-16/h3,5-6,9-10,13-14,16,20H,4,7-8,11-12H2,1-2H3. The molecule has 130 valence electrons. The maximum Gasteiger partial charge on any atom is 0.244 e. The molecule has 1 heterocycles. The van der Waals surface area contributed by atoms with Crippen LogP contribution in [0.15, 0.2) is 41.4 Å². The first-order valence-electron chi connectivity index (χ1n) is 8.64. The summed E-state index contributed by atoms with van der Waals surface area (Å²) >= 11 is 0. The van der Waals surface area contributed by atoms with Crippen LogP contribution in [0, 0.1) is 0 Å². The Kier molecular flexibility index (Phi) is 5.06. The van der Waals surface area contributed by atoms with Gasteiger partial charge in [0.15, 0.2) is 0 Å². The molecule has 1 saturated carbocycles. The molecule has 0 unspecified atom stereocenters. The molecule has 0 radical (unpaired) electrons. The molecule has 0 aliphatic heterocycles. The molecule has 1 fully saturated rings. The van der Waals surface area contributed by atoms with Gasteiger partial charge >= 0.3 is 0 Å². The van der Waals surface area contributed by atoms with E-state index in [1.165, 1.54) is 6.42 Å². The van der Waals surface area contributed by atoms with Crippen LogP contribution in [-0.4, -0.2) is 24.2 Å². The highest BCUT2D eigenvalue weighted by molar-refractivity contribution is 7.89. The minimum atomic E-state index is -3.58. The number of hydrogen-bond donors (Lipinski definition) is 1. The number of benzene rings is 1. The summed E-state index contributed by atoms with van der Waals surface area (Å²) in [4.78, 5) is 0.271. The smallest absolute Gasteiger partial charge is 0.244 e. The van der Waals surface area contributed by atoms with Gasteiger partial charge in [-0.25, -0.2) is 13.1 Å². The third kappa shape index (κ3) is 3.70. The SMILES string of the molecule is CC(C)n1cc(S(=O)(=O)NC2CCCCC2)c(-c2ccccc2)n1. The molecule has 6 heteroatoms. The van der Waals surface area contributed by atoms with Crippen molar-refractivity contribution in [3.05, 3.63) is 36.5 Å². The van der Waals surface area contributed by atoms with E-state index in [0.717, 1.165) is 31.2 Å².